The van der Waals surface area contributed by atoms with Crippen LogP contribution in [0.2, 0.25) is 39.3 Å². The van der Waals surface area contributed by atoms with Gasteiger partial charge in [-0.3, -0.25) is 0 Å². The largest absolute Gasteiger partial charge is 0.335 e. The van der Waals surface area contributed by atoms with Crippen molar-refractivity contribution >= 4 is 95.1 Å². The molecule has 0 N–H and O–H groups in total. The Kier molecular flexibility index (Phi) is 9.22. The number of benzene rings is 6. The molecular formula is C56H66BN3Si2. The summed E-state index contributed by atoms with van der Waals surface area (Å²) in [5.74, 6) is 0. The molecule has 1 fully saturated rings. The highest BCUT2D eigenvalue weighted by Crippen LogP contribution is 2.62. The van der Waals surface area contributed by atoms with Crippen LogP contribution in [0.5, 0.6) is 0 Å². The summed E-state index contributed by atoms with van der Waals surface area (Å²) in [6, 6.07) is 45.8. The molecule has 6 heteroatoms. The lowest BCUT2D eigenvalue weighted by Crippen LogP contribution is -2.64. The van der Waals surface area contributed by atoms with Crippen LogP contribution in [0.25, 0.3) is 0 Å². The van der Waals surface area contributed by atoms with Gasteiger partial charge in [0.05, 0.1) is 27.4 Å². The van der Waals surface area contributed by atoms with E-state index in [1.807, 2.05) is 0 Å². The van der Waals surface area contributed by atoms with Crippen molar-refractivity contribution in [2.45, 2.75) is 130 Å². The molecule has 3 aliphatic heterocycles. The molecule has 62 heavy (non-hydrogen) atoms. The van der Waals surface area contributed by atoms with Crippen LogP contribution in [0.15, 0.2) is 115 Å². The highest BCUT2D eigenvalue weighted by molar-refractivity contribution is 7.00. The Morgan fingerprint density at radius 2 is 1.16 bits per heavy atom. The van der Waals surface area contributed by atoms with Crippen molar-refractivity contribution in [2.24, 2.45) is 0 Å². The first-order valence-corrected chi connectivity index (χ1v) is 30.4. The van der Waals surface area contributed by atoms with Gasteiger partial charge in [-0.15, -0.1) is 0 Å². The number of hydrogen-bond donors (Lipinski definition) is 0. The number of hydrogen-bond acceptors (Lipinski definition) is 3. The van der Waals surface area contributed by atoms with Gasteiger partial charge >= 0.3 is 0 Å². The first-order valence-electron chi connectivity index (χ1n) is 23.4. The molecule has 0 aromatic heterocycles. The fraction of sp³-hybridized carbons (Fsp3) is 0.357. The van der Waals surface area contributed by atoms with Gasteiger partial charge in [-0.05, 0) is 120 Å². The molecule has 10 rings (SSSR count). The maximum atomic E-state index is 2.90. The van der Waals surface area contributed by atoms with Crippen LogP contribution in [0, 0.1) is 13.8 Å². The molecule has 2 atom stereocenters. The minimum Gasteiger partial charge on any atom is -0.335 e. The Hall–Kier alpha value is -4.78. The first-order chi connectivity index (χ1) is 29.2. The van der Waals surface area contributed by atoms with Gasteiger partial charge in [-0.1, -0.05) is 163 Å². The van der Waals surface area contributed by atoms with E-state index in [1.165, 1.54) is 115 Å². The number of anilines is 8. The molecule has 0 saturated heterocycles. The number of aryl methyl sites for hydroxylation is 2. The molecule has 4 aliphatic rings. The first kappa shape index (κ1) is 41.2. The smallest absolute Gasteiger partial charge is 0.252 e. The summed E-state index contributed by atoms with van der Waals surface area (Å²) < 4.78 is 0. The Balaban J connectivity index is 1.34. The SMILES string of the molecule is Cc1ccccc1N1c2cc(N(c3ccc([Si](C)(C)C)cc3)c3ccc([Si](C)(C)C)cc3)cc3c2B(c2cccc(C)c21)c1cc(C(C)(C)C)cc2c1N3C1(C)CCCCC21C. The van der Waals surface area contributed by atoms with E-state index in [1.54, 1.807) is 5.56 Å². The number of fused-ring (bicyclic) bond motifs is 7. The highest BCUT2D eigenvalue weighted by atomic mass is 28.3. The summed E-state index contributed by atoms with van der Waals surface area (Å²) in [5, 5.41) is 2.97. The average molecular weight is 848 g/mol. The highest BCUT2D eigenvalue weighted by Gasteiger charge is 2.61. The summed E-state index contributed by atoms with van der Waals surface area (Å²) in [5.41, 5.74) is 20.2. The Labute approximate surface area is 375 Å². The van der Waals surface area contributed by atoms with E-state index in [4.69, 9.17) is 0 Å². The number of para-hydroxylation sites is 2. The van der Waals surface area contributed by atoms with E-state index < -0.39 is 16.1 Å². The van der Waals surface area contributed by atoms with Gasteiger partial charge in [-0.25, -0.2) is 0 Å². The third-order valence-corrected chi connectivity index (χ3v) is 19.8. The third-order valence-electron chi connectivity index (χ3n) is 15.7. The second kappa shape index (κ2) is 13.9. The predicted molar refractivity (Wildman–Crippen MR) is 277 cm³/mol. The van der Waals surface area contributed by atoms with E-state index in [-0.39, 0.29) is 23.1 Å². The monoisotopic (exact) mass is 847 g/mol. The average Bonchev–Trinajstić information content (AvgIpc) is 3.43. The van der Waals surface area contributed by atoms with Crippen molar-refractivity contribution in [1.29, 1.82) is 0 Å². The Morgan fingerprint density at radius 3 is 1.76 bits per heavy atom. The number of nitrogens with zero attached hydrogens (tertiary/aromatic N) is 3. The summed E-state index contributed by atoms with van der Waals surface area (Å²) in [4.78, 5) is 8.12. The normalized spacial score (nSPS) is 20.1. The van der Waals surface area contributed by atoms with E-state index in [9.17, 15) is 0 Å². The molecule has 1 aliphatic carbocycles. The third kappa shape index (κ3) is 6.02. The molecule has 316 valence electrons. The molecule has 6 aromatic rings. The molecule has 0 amide bonds. The molecule has 0 bridgehead atoms. The minimum absolute atomic E-state index is 0.0111. The van der Waals surface area contributed by atoms with Gasteiger partial charge in [0.2, 0.25) is 0 Å². The van der Waals surface area contributed by atoms with Crippen LogP contribution in [-0.2, 0) is 10.8 Å². The van der Waals surface area contributed by atoms with Crippen molar-refractivity contribution in [1.82, 2.24) is 0 Å². The summed E-state index contributed by atoms with van der Waals surface area (Å²) in [6.45, 7) is 31.9. The van der Waals surface area contributed by atoms with Crippen LogP contribution in [0.3, 0.4) is 0 Å². The summed E-state index contributed by atoms with van der Waals surface area (Å²) in [6.07, 6.45) is 4.90. The fourth-order valence-electron chi connectivity index (χ4n) is 11.8. The van der Waals surface area contributed by atoms with Crippen LogP contribution < -0.4 is 41.5 Å². The van der Waals surface area contributed by atoms with Gasteiger partial charge < -0.3 is 14.7 Å². The zero-order chi connectivity index (χ0) is 43.9. The lowest BCUT2D eigenvalue weighted by molar-refractivity contribution is 0.195. The van der Waals surface area contributed by atoms with Gasteiger partial charge in [0.1, 0.15) is 0 Å². The van der Waals surface area contributed by atoms with Crippen molar-refractivity contribution < 1.29 is 0 Å². The van der Waals surface area contributed by atoms with Crippen molar-refractivity contribution in [3.63, 3.8) is 0 Å². The maximum absolute atomic E-state index is 2.90. The zero-order valence-corrected chi connectivity index (χ0v) is 41.7. The summed E-state index contributed by atoms with van der Waals surface area (Å²) >= 11 is 0. The Morgan fingerprint density at radius 1 is 0.581 bits per heavy atom. The van der Waals surface area contributed by atoms with Gasteiger partial charge in [0, 0.05) is 45.2 Å². The van der Waals surface area contributed by atoms with Gasteiger partial charge in [0.25, 0.3) is 6.71 Å². The van der Waals surface area contributed by atoms with Crippen molar-refractivity contribution in [3.05, 3.63) is 138 Å². The maximum Gasteiger partial charge on any atom is 0.252 e. The quantitative estimate of drug-likeness (QED) is 0.154. The molecule has 0 radical (unpaired) electrons. The van der Waals surface area contributed by atoms with Gasteiger partial charge in [0.15, 0.2) is 0 Å². The van der Waals surface area contributed by atoms with E-state index in [0.717, 1.165) is 0 Å². The second-order valence-electron chi connectivity index (χ2n) is 22.8. The molecule has 1 saturated carbocycles. The van der Waals surface area contributed by atoms with Crippen LogP contribution in [0.1, 0.15) is 82.6 Å². The van der Waals surface area contributed by atoms with Crippen LogP contribution >= 0.6 is 0 Å². The fourth-order valence-corrected chi connectivity index (χ4v) is 14.2. The number of rotatable bonds is 6. The molecule has 3 nitrogen and oxygen atoms in total. The second-order valence-corrected chi connectivity index (χ2v) is 32.9. The lowest BCUT2D eigenvalue weighted by Gasteiger charge is -2.53. The van der Waals surface area contributed by atoms with Crippen molar-refractivity contribution in [3.8, 4) is 0 Å². The molecule has 0 spiro atoms. The predicted octanol–water partition coefficient (Wildman–Crippen LogP) is 12.5. The van der Waals surface area contributed by atoms with E-state index >= 15 is 0 Å². The Bertz CT molecular complexity index is 2710. The lowest BCUT2D eigenvalue weighted by atomic mass is 9.33. The van der Waals surface area contributed by atoms with Crippen LogP contribution in [-0.4, -0.2) is 28.4 Å². The van der Waals surface area contributed by atoms with Gasteiger partial charge in [-0.2, -0.15) is 0 Å². The van der Waals surface area contributed by atoms with Crippen LogP contribution in [0.4, 0.5) is 45.5 Å². The standard InChI is InChI=1S/C56H66BN3Si2/c1-37-19-14-15-22-48(37)59-49-35-42(58(40-23-27-43(28-24-40)61(8,9)10)41-25-29-44(30-26-41)62(11,12)13)36-50-51(49)57(46-21-18-20-38(2)52(46)59)47-34-39(54(3,4)5)33-45-53(47)60(50)56(7)32-17-16-31-55(45,56)6/h14-15,18-30,33-36H,16-17,31-32H2,1-13H3. The summed E-state index contributed by atoms with van der Waals surface area (Å²) in [7, 11) is -3.04. The molecule has 2 unspecified atom stereocenters. The van der Waals surface area contributed by atoms with E-state index in [0.29, 0.717) is 0 Å². The minimum atomic E-state index is -1.52. The topological polar surface area (TPSA) is 9.72 Å². The molecule has 6 aromatic carbocycles. The van der Waals surface area contributed by atoms with E-state index in [2.05, 4.69) is 218 Å². The molecular weight excluding hydrogens is 782 g/mol. The zero-order valence-electron chi connectivity index (χ0n) is 39.7. The van der Waals surface area contributed by atoms with Crippen molar-refractivity contribution in [2.75, 3.05) is 14.7 Å². The molecule has 3 heterocycles.